The molecule has 0 aliphatic heterocycles. The van der Waals surface area contributed by atoms with Gasteiger partial charge in [0.1, 0.15) is 12.1 Å². The van der Waals surface area contributed by atoms with Crippen LogP contribution in [-0.2, 0) is 4.79 Å². The molecule has 2 aromatic rings. The first kappa shape index (κ1) is 24.4. The molecule has 0 amide bonds. The molecule has 0 aliphatic carbocycles. The lowest BCUT2D eigenvalue weighted by atomic mass is 10.2. The van der Waals surface area contributed by atoms with Gasteiger partial charge in [0.15, 0.2) is 0 Å². The normalized spacial score (nSPS) is 9.32. The molecule has 0 aliphatic rings. The van der Waals surface area contributed by atoms with Crippen LogP contribution < -0.4 is 0 Å². The maximum absolute atomic E-state index is 12.5. The first-order valence-corrected chi connectivity index (χ1v) is 10.5. The standard InChI is InChI=1S/C7H4BrFO.C7H13ClO.C4H3BrS/c8-6-3-5(4-10)1-2-7(6)9;1-2-3-4-5-6-7(8)9;5-4-2-1-3-6-4/h1-4H;2-6H2,1H3;1-3H. The molecule has 0 spiro atoms. The van der Waals surface area contributed by atoms with Crippen LogP contribution in [0.25, 0.3) is 0 Å². The summed E-state index contributed by atoms with van der Waals surface area (Å²) in [5, 5.41) is 1.83. The second kappa shape index (κ2) is 15.7. The van der Waals surface area contributed by atoms with Crippen molar-refractivity contribution in [3.05, 3.63) is 55.4 Å². The molecule has 1 aromatic heterocycles. The van der Waals surface area contributed by atoms with E-state index >= 15 is 0 Å². The number of carbonyl (C=O) groups excluding carboxylic acids is 2. The molecule has 138 valence electrons. The molecular weight excluding hydrogens is 495 g/mol. The van der Waals surface area contributed by atoms with Gasteiger partial charge < -0.3 is 0 Å². The Bertz CT molecular complexity index is 622. The molecular formula is C18H20Br2ClFO2S. The van der Waals surface area contributed by atoms with Crippen molar-refractivity contribution in [2.45, 2.75) is 39.0 Å². The number of thiophene rings is 1. The summed E-state index contributed by atoms with van der Waals surface area (Å²) in [5.74, 6) is -0.356. The average Bonchev–Trinajstić information content (AvgIpc) is 3.06. The number of rotatable bonds is 6. The molecule has 0 fully saturated rings. The third-order valence-corrected chi connectivity index (χ3v) is 5.07. The van der Waals surface area contributed by atoms with Gasteiger partial charge in [0.2, 0.25) is 5.24 Å². The summed E-state index contributed by atoms with van der Waals surface area (Å²) >= 11 is 13.1. The Morgan fingerprint density at radius 2 is 1.96 bits per heavy atom. The monoisotopic (exact) mass is 512 g/mol. The molecule has 7 heteroatoms. The third kappa shape index (κ3) is 14.3. The van der Waals surface area contributed by atoms with Crippen LogP contribution in [0.4, 0.5) is 4.39 Å². The van der Waals surface area contributed by atoms with E-state index in [1.807, 2.05) is 17.5 Å². The highest BCUT2D eigenvalue weighted by atomic mass is 79.9. The largest absolute Gasteiger partial charge is 0.298 e. The minimum Gasteiger partial charge on any atom is -0.298 e. The Kier molecular flexibility index (Phi) is 15.3. The Balaban J connectivity index is 0.000000356. The molecule has 0 bridgehead atoms. The lowest BCUT2D eigenvalue weighted by Crippen LogP contribution is -1.84. The molecule has 0 atom stereocenters. The van der Waals surface area contributed by atoms with E-state index < -0.39 is 0 Å². The van der Waals surface area contributed by atoms with Crippen LogP contribution in [0.15, 0.2) is 44.0 Å². The van der Waals surface area contributed by atoms with Crippen molar-refractivity contribution in [2.24, 2.45) is 0 Å². The molecule has 0 unspecified atom stereocenters. The van der Waals surface area contributed by atoms with Crippen LogP contribution >= 0.6 is 54.8 Å². The zero-order valence-corrected chi connectivity index (χ0v) is 18.6. The summed E-state index contributed by atoms with van der Waals surface area (Å²) in [4.78, 5) is 20.3. The number of hydrogen-bond donors (Lipinski definition) is 0. The number of halogens is 4. The fraction of sp³-hybridized carbons (Fsp3) is 0.333. The predicted octanol–water partition coefficient (Wildman–Crippen LogP) is 7.63. The first-order valence-electron chi connectivity index (χ1n) is 7.68. The van der Waals surface area contributed by atoms with Crippen molar-refractivity contribution >= 4 is 66.3 Å². The molecule has 1 heterocycles. The highest BCUT2D eigenvalue weighted by Crippen LogP contribution is 2.15. The van der Waals surface area contributed by atoms with E-state index in [9.17, 15) is 14.0 Å². The average molecular weight is 515 g/mol. The third-order valence-electron chi connectivity index (χ3n) is 2.79. The number of benzene rings is 1. The van der Waals surface area contributed by atoms with Crippen LogP contribution in [-0.4, -0.2) is 11.5 Å². The molecule has 25 heavy (non-hydrogen) atoms. The number of unbranched alkanes of at least 4 members (excludes halogenated alkanes) is 3. The van der Waals surface area contributed by atoms with Gasteiger partial charge in [0.25, 0.3) is 0 Å². The minimum atomic E-state index is -0.356. The fourth-order valence-electron chi connectivity index (χ4n) is 1.53. The van der Waals surface area contributed by atoms with Crippen LogP contribution in [0.3, 0.4) is 0 Å². The van der Waals surface area contributed by atoms with Crippen LogP contribution in [0.5, 0.6) is 0 Å². The maximum atomic E-state index is 12.5. The maximum Gasteiger partial charge on any atom is 0.221 e. The second-order valence-corrected chi connectivity index (χ2v) is 8.48. The van der Waals surface area contributed by atoms with E-state index in [2.05, 4.69) is 38.8 Å². The Morgan fingerprint density at radius 3 is 2.36 bits per heavy atom. The van der Waals surface area contributed by atoms with Crippen LogP contribution in [0.2, 0.25) is 0 Å². The molecule has 1 aromatic carbocycles. The lowest BCUT2D eigenvalue weighted by molar-refractivity contribution is -0.111. The zero-order valence-electron chi connectivity index (χ0n) is 13.8. The molecule has 2 rings (SSSR count). The molecule has 2 nitrogen and oxygen atoms in total. The van der Waals surface area contributed by atoms with Crippen molar-refractivity contribution in [1.29, 1.82) is 0 Å². The molecule has 0 radical (unpaired) electrons. The summed E-state index contributed by atoms with van der Waals surface area (Å²) in [6.07, 6.45) is 5.72. The summed E-state index contributed by atoms with van der Waals surface area (Å²) in [6, 6.07) is 8.13. The Labute approximate surface area is 174 Å². The smallest absolute Gasteiger partial charge is 0.221 e. The predicted molar refractivity (Wildman–Crippen MR) is 111 cm³/mol. The Morgan fingerprint density at radius 1 is 1.24 bits per heavy atom. The quantitative estimate of drug-likeness (QED) is 0.226. The number of carbonyl (C=O) groups is 2. The summed E-state index contributed by atoms with van der Waals surface area (Å²) in [6.45, 7) is 2.14. The minimum absolute atomic E-state index is 0.203. The second-order valence-electron chi connectivity index (χ2n) is 4.87. The highest BCUT2D eigenvalue weighted by molar-refractivity contribution is 9.11. The molecule has 0 saturated carbocycles. The van der Waals surface area contributed by atoms with Crippen molar-refractivity contribution in [2.75, 3.05) is 0 Å². The number of aldehydes is 1. The lowest BCUT2D eigenvalue weighted by Gasteiger charge is -1.92. The van der Waals surface area contributed by atoms with E-state index in [1.165, 1.54) is 34.8 Å². The van der Waals surface area contributed by atoms with Gasteiger partial charge >= 0.3 is 0 Å². The van der Waals surface area contributed by atoms with Crippen LogP contribution in [0.1, 0.15) is 49.4 Å². The van der Waals surface area contributed by atoms with E-state index in [0.29, 0.717) is 22.7 Å². The van der Waals surface area contributed by atoms with Gasteiger partial charge in [-0.2, -0.15) is 0 Å². The summed E-state index contributed by atoms with van der Waals surface area (Å²) in [5.41, 5.74) is 0.466. The fourth-order valence-corrected chi connectivity index (χ4v) is 2.99. The van der Waals surface area contributed by atoms with E-state index in [-0.39, 0.29) is 11.1 Å². The van der Waals surface area contributed by atoms with Crippen LogP contribution in [0, 0.1) is 5.82 Å². The SMILES string of the molecule is Brc1cccs1.CCCCCCC(=O)Cl.O=Cc1ccc(F)c(Br)c1. The van der Waals surface area contributed by atoms with E-state index in [0.717, 1.165) is 12.8 Å². The zero-order chi connectivity index (χ0) is 19.1. The first-order chi connectivity index (χ1) is 11.9. The van der Waals surface area contributed by atoms with Gasteiger partial charge in [0.05, 0.1) is 8.26 Å². The van der Waals surface area contributed by atoms with Gasteiger partial charge in [-0.3, -0.25) is 9.59 Å². The van der Waals surface area contributed by atoms with Gasteiger partial charge in [-0.15, -0.1) is 11.3 Å². The van der Waals surface area contributed by atoms with Crippen molar-refractivity contribution < 1.29 is 14.0 Å². The topological polar surface area (TPSA) is 34.1 Å². The molecule has 0 saturated heterocycles. The van der Waals surface area contributed by atoms with Gasteiger partial charge in [-0.25, -0.2) is 4.39 Å². The van der Waals surface area contributed by atoms with Crippen molar-refractivity contribution in [1.82, 2.24) is 0 Å². The molecule has 0 N–H and O–H groups in total. The summed E-state index contributed by atoms with van der Waals surface area (Å²) in [7, 11) is 0. The van der Waals surface area contributed by atoms with E-state index in [1.54, 1.807) is 11.3 Å². The highest BCUT2D eigenvalue weighted by Gasteiger charge is 1.97. The van der Waals surface area contributed by atoms with Gasteiger partial charge in [0, 0.05) is 12.0 Å². The van der Waals surface area contributed by atoms with Crippen molar-refractivity contribution in [3.63, 3.8) is 0 Å². The van der Waals surface area contributed by atoms with E-state index in [4.69, 9.17) is 11.6 Å². The van der Waals surface area contributed by atoms with Gasteiger partial charge in [-0.05, 0) is 79.5 Å². The Hall–Kier alpha value is -0.560. The summed E-state index contributed by atoms with van der Waals surface area (Å²) < 4.78 is 14.0. The number of hydrogen-bond acceptors (Lipinski definition) is 3. The van der Waals surface area contributed by atoms with Gasteiger partial charge in [-0.1, -0.05) is 32.3 Å². The van der Waals surface area contributed by atoms with Crippen molar-refractivity contribution in [3.8, 4) is 0 Å².